The highest BCUT2D eigenvalue weighted by Gasteiger charge is 2.52. The number of rotatable bonds is 6. The molecule has 1 unspecified atom stereocenters. The van der Waals surface area contributed by atoms with Gasteiger partial charge in [-0.25, -0.2) is 0 Å². The highest BCUT2D eigenvalue weighted by atomic mass is 15.1. The number of aryl methyl sites for hydroxylation is 1. The van der Waals surface area contributed by atoms with Crippen LogP contribution in [0.1, 0.15) is 72.6 Å². The van der Waals surface area contributed by atoms with Crippen molar-refractivity contribution in [3.63, 3.8) is 0 Å². The van der Waals surface area contributed by atoms with E-state index in [2.05, 4.69) is 183 Å². The molecule has 0 saturated carbocycles. The van der Waals surface area contributed by atoms with Crippen LogP contribution in [0.4, 0.5) is 17.1 Å². The fourth-order valence-electron chi connectivity index (χ4n) is 9.77. The van der Waals surface area contributed by atoms with Crippen molar-refractivity contribution in [2.24, 2.45) is 0 Å². The number of nitrogens with zero attached hydrogens (tertiary/aromatic N) is 1. The first-order valence-electron chi connectivity index (χ1n) is 18.6. The molecule has 1 spiro atoms. The molecule has 51 heavy (non-hydrogen) atoms. The van der Waals surface area contributed by atoms with E-state index in [0.29, 0.717) is 0 Å². The topological polar surface area (TPSA) is 3.24 Å². The molecular formula is C50H41N. The average Bonchev–Trinajstić information content (AvgIpc) is 3.73. The molecule has 1 atom stereocenters. The van der Waals surface area contributed by atoms with E-state index >= 15 is 0 Å². The minimum atomic E-state index is -0.389. The summed E-state index contributed by atoms with van der Waals surface area (Å²) in [7, 11) is 0. The van der Waals surface area contributed by atoms with Crippen molar-refractivity contribution < 1.29 is 0 Å². The molecule has 0 saturated heterocycles. The predicted molar refractivity (Wildman–Crippen MR) is 214 cm³/mol. The maximum absolute atomic E-state index is 2.54. The molecule has 0 fully saturated rings. The van der Waals surface area contributed by atoms with Gasteiger partial charge in [0.25, 0.3) is 0 Å². The van der Waals surface area contributed by atoms with Crippen LogP contribution in [0.25, 0.3) is 33.4 Å². The summed E-state index contributed by atoms with van der Waals surface area (Å²) >= 11 is 0. The fourth-order valence-corrected chi connectivity index (χ4v) is 9.77. The zero-order valence-electron chi connectivity index (χ0n) is 29.6. The summed E-state index contributed by atoms with van der Waals surface area (Å²) in [5.74, 6) is 0. The third-order valence-corrected chi connectivity index (χ3v) is 12.1. The second-order valence-corrected chi connectivity index (χ2v) is 15.1. The Balaban J connectivity index is 1.25. The molecule has 3 aliphatic rings. The van der Waals surface area contributed by atoms with Crippen molar-refractivity contribution in [2.45, 2.75) is 50.9 Å². The first kappa shape index (κ1) is 30.2. The lowest BCUT2D eigenvalue weighted by atomic mass is 9.70. The number of fused-ring (bicyclic) bond motifs is 13. The Bertz CT molecular complexity index is 2500. The number of hydrogen-bond acceptors (Lipinski definition) is 1. The van der Waals surface area contributed by atoms with Gasteiger partial charge < -0.3 is 4.90 Å². The van der Waals surface area contributed by atoms with Crippen molar-refractivity contribution in [1.82, 2.24) is 0 Å². The minimum absolute atomic E-state index is 0.0909. The SMILES string of the molecule is CCCCc1ccc2c(c1)C1(c3ccccc3-2)c2ccccc2-c2c(N(c3ccccc3)c3ccc4c(c3)C(C)(C)c3ccccc3-4)cccc21. The zero-order valence-corrected chi connectivity index (χ0v) is 29.6. The molecule has 1 nitrogen and oxygen atoms in total. The molecule has 0 aromatic heterocycles. The van der Waals surface area contributed by atoms with Crippen molar-refractivity contribution in [1.29, 1.82) is 0 Å². The van der Waals surface area contributed by atoms with Crippen molar-refractivity contribution >= 4 is 17.1 Å². The van der Waals surface area contributed by atoms with Gasteiger partial charge in [-0.2, -0.15) is 0 Å². The molecule has 1 heteroatoms. The number of unbranched alkanes of at least 4 members (excludes halogenated alkanes) is 1. The summed E-state index contributed by atoms with van der Waals surface area (Å²) < 4.78 is 0. The van der Waals surface area contributed by atoms with Gasteiger partial charge in [-0.05, 0) is 110 Å². The van der Waals surface area contributed by atoms with E-state index < -0.39 is 0 Å². The lowest BCUT2D eigenvalue weighted by molar-refractivity contribution is 0.660. The summed E-state index contributed by atoms with van der Waals surface area (Å²) in [6, 6.07) is 59.8. The van der Waals surface area contributed by atoms with Gasteiger partial charge in [-0.3, -0.25) is 0 Å². The van der Waals surface area contributed by atoms with Crippen LogP contribution in [0.3, 0.4) is 0 Å². The van der Waals surface area contributed by atoms with Crippen LogP contribution in [0, 0.1) is 0 Å². The van der Waals surface area contributed by atoms with Crippen LogP contribution in [0.5, 0.6) is 0 Å². The largest absolute Gasteiger partial charge is 0.310 e. The molecule has 246 valence electrons. The smallest absolute Gasteiger partial charge is 0.0726 e. The predicted octanol–water partition coefficient (Wildman–Crippen LogP) is 13.1. The maximum atomic E-state index is 2.54. The van der Waals surface area contributed by atoms with E-state index in [9.17, 15) is 0 Å². The minimum Gasteiger partial charge on any atom is -0.310 e. The van der Waals surface area contributed by atoms with Gasteiger partial charge in [0.1, 0.15) is 0 Å². The first-order chi connectivity index (χ1) is 25.0. The van der Waals surface area contributed by atoms with E-state index in [-0.39, 0.29) is 10.8 Å². The summed E-state index contributed by atoms with van der Waals surface area (Å²) in [5.41, 5.74) is 20.9. The second-order valence-electron chi connectivity index (χ2n) is 15.1. The third kappa shape index (κ3) is 4.09. The molecule has 0 radical (unpaired) electrons. The standard InChI is InChI=1S/C50H41N/c1-4-5-16-33-27-29-39-37-20-10-13-23-42(37)50(46(39)31-33)43-24-14-11-21-40(43)48-44(50)25-15-26-47(48)51(34-17-7-6-8-18-34)35-28-30-38-36-19-9-12-22-41(36)49(2,3)45(38)32-35/h6-15,17-32H,4-5,16H2,1-3H3. The van der Waals surface area contributed by atoms with Gasteiger partial charge in [0.05, 0.1) is 11.1 Å². The van der Waals surface area contributed by atoms with Crippen LogP contribution in [-0.2, 0) is 17.3 Å². The zero-order chi connectivity index (χ0) is 34.3. The van der Waals surface area contributed by atoms with Crippen LogP contribution in [0.15, 0.2) is 158 Å². The quantitative estimate of drug-likeness (QED) is 0.172. The van der Waals surface area contributed by atoms with Gasteiger partial charge in [0.15, 0.2) is 0 Å². The Labute approximate surface area is 301 Å². The molecule has 7 aromatic rings. The molecule has 0 amide bonds. The highest BCUT2D eigenvalue weighted by Crippen LogP contribution is 2.65. The van der Waals surface area contributed by atoms with Crippen LogP contribution in [0.2, 0.25) is 0 Å². The Hall–Kier alpha value is -5.66. The van der Waals surface area contributed by atoms with Gasteiger partial charge in [-0.15, -0.1) is 0 Å². The Kier molecular flexibility index (Phi) is 6.61. The fraction of sp³-hybridized carbons (Fsp3) is 0.160. The van der Waals surface area contributed by atoms with Gasteiger partial charge >= 0.3 is 0 Å². The van der Waals surface area contributed by atoms with Crippen LogP contribution >= 0.6 is 0 Å². The highest BCUT2D eigenvalue weighted by molar-refractivity contribution is 6.01. The number of anilines is 3. The summed E-state index contributed by atoms with van der Waals surface area (Å²) in [5, 5.41) is 0. The number of para-hydroxylation sites is 1. The second kappa shape index (κ2) is 11.2. The summed E-state index contributed by atoms with van der Waals surface area (Å²) in [4.78, 5) is 2.51. The van der Waals surface area contributed by atoms with E-state index in [4.69, 9.17) is 0 Å². The maximum Gasteiger partial charge on any atom is 0.0726 e. The Morgan fingerprint density at radius 1 is 0.451 bits per heavy atom. The van der Waals surface area contributed by atoms with Crippen molar-refractivity contribution in [3.05, 3.63) is 197 Å². The van der Waals surface area contributed by atoms with Gasteiger partial charge in [0.2, 0.25) is 0 Å². The summed E-state index contributed by atoms with van der Waals surface area (Å²) in [6.07, 6.45) is 3.49. The first-order valence-corrected chi connectivity index (χ1v) is 18.6. The number of hydrogen-bond donors (Lipinski definition) is 0. The van der Waals surface area contributed by atoms with E-state index in [1.807, 2.05) is 0 Å². The average molecular weight is 656 g/mol. The Morgan fingerprint density at radius 3 is 1.80 bits per heavy atom. The number of benzene rings is 7. The molecule has 7 aromatic carbocycles. The molecule has 0 bridgehead atoms. The molecule has 3 aliphatic carbocycles. The van der Waals surface area contributed by atoms with E-state index in [1.165, 1.54) is 96.5 Å². The lowest BCUT2D eigenvalue weighted by Crippen LogP contribution is -2.26. The van der Waals surface area contributed by atoms with Gasteiger partial charge in [0, 0.05) is 22.4 Å². The van der Waals surface area contributed by atoms with E-state index in [1.54, 1.807) is 0 Å². The lowest BCUT2D eigenvalue weighted by Gasteiger charge is -2.32. The monoisotopic (exact) mass is 655 g/mol. The van der Waals surface area contributed by atoms with Crippen LogP contribution < -0.4 is 4.90 Å². The summed E-state index contributed by atoms with van der Waals surface area (Å²) in [6.45, 7) is 7.03. The molecule has 10 rings (SSSR count). The third-order valence-electron chi connectivity index (χ3n) is 12.1. The van der Waals surface area contributed by atoms with Crippen LogP contribution in [-0.4, -0.2) is 0 Å². The molecule has 0 aliphatic heterocycles. The van der Waals surface area contributed by atoms with Crippen molar-refractivity contribution in [3.8, 4) is 33.4 Å². The van der Waals surface area contributed by atoms with Crippen molar-refractivity contribution in [2.75, 3.05) is 4.90 Å². The van der Waals surface area contributed by atoms with Gasteiger partial charge in [-0.1, -0.05) is 155 Å². The van der Waals surface area contributed by atoms with E-state index in [0.717, 1.165) is 12.1 Å². The molecular weight excluding hydrogens is 615 g/mol. The normalized spacial score (nSPS) is 16.6. The Morgan fingerprint density at radius 2 is 1.04 bits per heavy atom. The molecule has 0 heterocycles. The molecule has 0 N–H and O–H groups in total.